The van der Waals surface area contributed by atoms with Gasteiger partial charge >= 0.3 is 17.8 Å². The molecule has 2 rings (SSSR count). The fraction of sp³-hybridized carbons (Fsp3) is 0.765. The molecular formula is C17H27N3O5. The molecule has 1 N–H and O–H groups in total. The molecule has 8 heteroatoms. The van der Waals surface area contributed by atoms with Crippen LogP contribution in [0.5, 0.6) is 0 Å². The van der Waals surface area contributed by atoms with E-state index in [0.29, 0.717) is 58.5 Å². The lowest BCUT2D eigenvalue weighted by Gasteiger charge is -2.30. The Balaban J connectivity index is 1.64. The summed E-state index contributed by atoms with van der Waals surface area (Å²) in [6, 6.07) is 0. The summed E-state index contributed by atoms with van der Waals surface area (Å²) in [4.78, 5) is 50.5. The molecule has 0 spiro atoms. The SMILES string of the molecule is CCOC(=O)C1CCN(C(=O)C(=O)NCCCN2CCCC2=O)CC1. The van der Waals surface area contributed by atoms with Crippen molar-refractivity contribution in [3.05, 3.63) is 0 Å². The minimum atomic E-state index is -0.623. The van der Waals surface area contributed by atoms with Crippen LogP contribution in [0.4, 0.5) is 0 Å². The zero-order valence-electron chi connectivity index (χ0n) is 14.8. The van der Waals surface area contributed by atoms with Crippen molar-refractivity contribution in [3.8, 4) is 0 Å². The topological polar surface area (TPSA) is 96.0 Å². The maximum Gasteiger partial charge on any atom is 0.311 e. The molecule has 0 radical (unpaired) electrons. The number of carbonyl (C=O) groups excluding carboxylic acids is 4. The second-order valence-corrected chi connectivity index (χ2v) is 6.41. The fourth-order valence-corrected chi connectivity index (χ4v) is 3.21. The lowest BCUT2D eigenvalue weighted by molar-refractivity contribution is -0.152. The summed E-state index contributed by atoms with van der Waals surface area (Å²) in [5, 5.41) is 2.61. The standard InChI is InChI=1S/C17H27N3O5/c1-2-25-17(24)13-6-11-20(12-7-13)16(23)15(22)18-8-4-10-19-9-3-5-14(19)21/h13H,2-12H2,1H3,(H,18,22). The Morgan fingerprint density at radius 3 is 2.52 bits per heavy atom. The lowest BCUT2D eigenvalue weighted by Crippen LogP contribution is -2.47. The van der Waals surface area contributed by atoms with Gasteiger partial charge in [-0.15, -0.1) is 0 Å². The number of ether oxygens (including phenoxy) is 1. The number of likely N-dealkylation sites (tertiary alicyclic amines) is 2. The van der Waals surface area contributed by atoms with E-state index in [1.165, 1.54) is 4.90 Å². The van der Waals surface area contributed by atoms with Crippen LogP contribution in [0.15, 0.2) is 0 Å². The number of hydrogen-bond acceptors (Lipinski definition) is 5. The number of carbonyl (C=O) groups is 4. The Labute approximate surface area is 147 Å². The van der Waals surface area contributed by atoms with Gasteiger partial charge < -0.3 is 19.9 Å². The normalized spacial score (nSPS) is 18.4. The molecule has 0 bridgehead atoms. The maximum absolute atomic E-state index is 12.1. The van der Waals surface area contributed by atoms with Crippen LogP contribution >= 0.6 is 0 Å². The van der Waals surface area contributed by atoms with Crippen molar-refractivity contribution in [1.82, 2.24) is 15.1 Å². The second kappa shape index (κ2) is 9.39. The van der Waals surface area contributed by atoms with E-state index in [-0.39, 0.29) is 17.8 Å². The zero-order valence-corrected chi connectivity index (χ0v) is 14.8. The first kappa shape index (κ1) is 19.2. The molecule has 2 aliphatic rings. The van der Waals surface area contributed by atoms with Gasteiger partial charge in [-0.3, -0.25) is 19.2 Å². The van der Waals surface area contributed by atoms with Gasteiger partial charge in [0.1, 0.15) is 0 Å². The van der Waals surface area contributed by atoms with Crippen LogP contribution in [-0.4, -0.2) is 72.8 Å². The highest BCUT2D eigenvalue weighted by atomic mass is 16.5. The first-order chi connectivity index (χ1) is 12.0. The highest BCUT2D eigenvalue weighted by Crippen LogP contribution is 2.18. The summed E-state index contributed by atoms with van der Waals surface area (Å²) < 4.78 is 4.99. The number of rotatable bonds is 6. The molecule has 8 nitrogen and oxygen atoms in total. The van der Waals surface area contributed by atoms with Gasteiger partial charge in [-0.05, 0) is 32.6 Å². The lowest BCUT2D eigenvalue weighted by atomic mass is 9.97. The average Bonchev–Trinajstić information content (AvgIpc) is 3.03. The van der Waals surface area contributed by atoms with Crippen molar-refractivity contribution in [2.24, 2.45) is 5.92 Å². The van der Waals surface area contributed by atoms with Crippen LogP contribution in [0.3, 0.4) is 0 Å². The molecule has 0 aromatic heterocycles. The monoisotopic (exact) mass is 353 g/mol. The Bertz CT molecular complexity index is 514. The Hall–Kier alpha value is -2.12. The van der Waals surface area contributed by atoms with Gasteiger partial charge in [-0.25, -0.2) is 0 Å². The molecule has 25 heavy (non-hydrogen) atoms. The third-order valence-corrected chi connectivity index (χ3v) is 4.66. The van der Waals surface area contributed by atoms with E-state index in [1.54, 1.807) is 11.8 Å². The summed E-state index contributed by atoms with van der Waals surface area (Å²) >= 11 is 0. The van der Waals surface area contributed by atoms with Crippen molar-refractivity contribution in [3.63, 3.8) is 0 Å². The quantitative estimate of drug-likeness (QED) is 0.409. The first-order valence-corrected chi connectivity index (χ1v) is 9.04. The van der Waals surface area contributed by atoms with E-state index in [2.05, 4.69) is 5.32 Å². The van der Waals surface area contributed by atoms with E-state index >= 15 is 0 Å². The molecule has 2 saturated heterocycles. The number of hydrogen-bond donors (Lipinski definition) is 1. The van der Waals surface area contributed by atoms with E-state index < -0.39 is 11.8 Å². The number of nitrogens with zero attached hydrogens (tertiary/aromatic N) is 2. The van der Waals surface area contributed by atoms with Crippen LogP contribution < -0.4 is 5.32 Å². The summed E-state index contributed by atoms with van der Waals surface area (Å²) in [5.41, 5.74) is 0. The van der Waals surface area contributed by atoms with Crippen LogP contribution in [0.2, 0.25) is 0 Å². The summed E-state index contributed by atoms with van der Waals surface area (Å²) in [5.74, 6) is -1.44. The average molecular weight is 353 g/mol. The molecule has 2 aliphatic heterocycles. The molecule has 2 fully saturated rings. The van der Waals surface area contributed by atoms with E-state index in [0.717, 1.165) is 13.0 Å². The van der Waals surface area contributed by atoms with Crippen molar-refractivity contribution in [2.75, 3.05) is 39.3 Å². The minimum absolute atomic E-state index is 0.159. The first-order valence-electron chi connectivity index (χ1n) is 9.04. The summed E-state index contributed by atoms with van der Waals surface area (Å²) in [6.45, 7) is 4.65. The molecule has 0 aromatic carbocycles. The largest absolute Gasteiger partial charge is 0.466 e. The van der Waals surface area contributed by atoms with Gasteiger partial charge in [0.05, 0.1) is 12.5 Å². The molecule has 0 aromatic rings. The highest BCUT2D eigenvalue weighted by molar-refractivity contribution is 6.35. The molecule has 3 amide bonds. The van der Waals surface area contributed by atoms with Crippen molar-refractivity contribution in [1.29, 1.82) is 0 Å². The maximum atomic E-state index is 12.1. The highest BCUT2D eigenvalue weighted by Gasteiger charge is 2.30. The number of nitrogens with one attached hydrogen (secondary N) is 1. The smallest absolute Gasteiger partial charge is 0.311 e. The molecular weight excluding hydrogens is 326 g/mol. The van der Waals surface area contributed by atoms with Gasteiger partial charge in [0.15, 0.2) is 0 Å². The third kappa shape index (κ3) is 5.44. The van der Waals surface area contributed by atoms with Crippen LogP contribution in [0.25, 0.3) is 0 Å². The van der Waals surface area contributed by atoms with Crippen molar-refractivity contribution in [2.45, 2.75) is 39.0 Å². The fourth-order valence-electron chi connectivity index (χ4n) is 3.21. The van der Waals surface area contributed by atoms with E-state index in [9.17, 15) is 19.2 Å². The number of amides is 3. The molecule has 2 heterocycles. The number of esters is 1. The molecule has 0 atom stereocenters. The summed E-state index contributed by atoms with van der Waals surface area (Å²) in [7, 11) is 0. The second-order valence-electron chi connectivity index (χ2n) is 6.41. The third-order valence-electron chi connectivity index (χ3n) is 4.66. The summed E-state index contributed by atoms with van der Waals surface area (Å²) in [6.07, 6.45) is 3.18. The predicted molar refractivity (Wildman–Crippen MR) is 89.4 cm³/mol. The Morgan fingerprint density at radius 2 is 1.92 bits per heavy atom. The van der Waals surface area contributed by atoms with Gasteiger partial charge in [0, 0.05) is 39.1 Å². The van der Waals surface area contributed by atoms with Crippen LogP contribution in [0, 0.1) is 5.92 Å². The Kier molecular flexibility index (Phi) is 7.21. The van der Waals surface area contributed by atoms with Crippen molar-refractivity contribution >= 4 is 23.7 Å². The van der Waals surface area contributed by atoms with Gasteiger partial charge in [0.2, 0.25) is 5.91 Å². The molecule has 0 saturated carbocycles. The molecule has 140 valence electrons. The van der Waals surface area contributed by atoms with E-state index in [4.69, 9.17) is 4.74 Å². The Morgan fingerprint density at radius 1 is 1.20 bits per heavy atom. The minimum Gasteiger partial charge on any atom is -0.466 e. The van der Waals surface area contributed by atoms with Gasteiger partial charge in [0.25, 0.3) is 0 Å². The van der Waals surface area contributed by atoms with Gasteiger partial charge in [-0.1, -0.05) is 0 Å². The van der Waals surface area contributed by atoms with E-state index in [1.807, 2.05) is 0 Å². The van der Waals surface area contributed by atoms with Gasteiger partial charge in [-0.2, -0.15) is 0 Å². The molecule has 0 aliphatic carbocycles. The number of piperidine rings is 1. The molecule has 0 unspecified atom stereocenters. The predicted octanol–water partition coefficient (Wildman–Crippen LogP) is -0.0832. The zero-order chi connectivity index (χ0) is 18.2. The van der Waals surface area contributed by atoms with Crippen LogP contribution in [0.1, 0.15) is 39.0 Å². The van der Waals surface area contributed by atoms with Crippen molar-refractivity contribution < 1.29 is 23.9 Å². The van der Waals surface area contributed by atoms with Crippen LogP contribution in [-0.2, 0) is 23.9 Å².